The highest BCUT2D eigenvalue weighted by molar-refractivity contribution is 5.93. The van der Waals surface area contributed by atoms with E-state index in [-0.39, 0.29) is 5.91 Å². The molecule has 3 aromatic rings. The van der Waals surface area contributed by atoms with Crippen molar-refractivity contribution < 1.29 is 4.79 Å². The Morgan fingerprint density at radius 1 is 1.19 bits per heavy atom. The van der Waals surface area contributed by atoms with Crippen LogP contribution >= 0.6 is 0 Å². The third-order valence-electron chi connectivity index (χ3n) is 5.91. The van der Waals surface area contributed by atoms with Crippen LogP contribution in [0, 0.1) is 13.8 Å². The summed E-state index contributed by atoms with van der Waals surface area (Å²) in [7, 11) is 0. The van der Waals surface area contributed by atoms with E-state index in [2.05, 4.69) is 41.9 Å². The number of nitrogens with two attached hydrogens (primary N) is 1. The van der Waals surface area contributed by atoms with Crippen molar-refractivity contribution in [2.45, 2.75) is 45.7 Å². The van der Waals surface area contributed by atoms with Crippen LogP contribution in [0.4, 0.5) is 0 Å². The summed E-state index contributed by atoms with van der Waals surface area (Å²) in [6.45, 7) is 6.37. The van der Waals surface area contributed by atoms with Gasteiger partial charge in [0.15, 0.2) is 0 Å². The number of aryl methyl sites for hydroxylation is 2. The molecule has 27 heavy (non-hydrogen) atoms. The summed E-state index contributed by atoms with van der Waals surface area (Å²) in [6.07, 6.45) is 5.58. The molecule has 4 heteroatoms. The van der Waals surface area contributed by atoms with Gasteiger partial charge in [0.1, 0.15) is 0 Å². The van der Waals surface area contributed by atoms with E-state index in [4.69, 9.17) is 5.73 Å². The third-order valence-corrected chi connectivity index (χ3v) is 5.91. The second-order valence-electron chi connectivity index (χ2n) is 7.73. The quantitative estimate of drug-likeness (QED) is 0.713. The molecule has 1 aliphatic rings. The van der Waals surface area contributed by atoms with Crippen LogP contribution in [-0.4, -0.2) is 22.3 Å². The summed E-state index contributed by atoms with van der Waals surface area (Å²) in [5, 5.41) is 1.32. The first kappa shape index (κ1) is 17.8. The Kier molecular flexibility index (Phi) is 4.75. The molecule has 1 fully saturated rings. The number of hydrogen-bond acceptors (Lipinski definition) is 2. The second kappa shape index (κ2) is 7.20. The zero-order valence-electron chi connectivity index (χ0n) is 16.1. The van der Waals surface area contributed by atoms with Gasteiger partial charge in [-0.2, -0.15) is 0 Å². The normalized spacial score (nSPS) is 18.1. The molecule has 4 nitrogen and oxygen atoms in total. The van der Waals surface area contributed by atoms with Gasteiger partial charge >= 0.3 is 0 Å². The van der Waals surface area contributed by atoms with E-state index in [9.17, 15) is 4.79 Å². The Hall–Kier alpha value is -2.59. The maximum Gasteiger partial charge on any atom is 0.248 e. The minimum atomic E-state index is -0.359. The number of nitrogens with zero attached hydrogens (tertiary/aromatic N) is 1. The first-order valence-electron chi connectivity index (χ1n) is 9.74. The predicted octanol–water partition coefficient (Wildman–Crippen LogP) is 4.61. The first-order chi connectivity index (χ1) is 13.0. The first-order valence-corrected chi connectivity index (χ1v) is 9.74. The zero-order chi connectivity index (χ0) is 19.0. The number of aromatic nitrogens is 1. The number of primary amides is 1. The molecule has 0 bridgehead atoms. The van der Waals surface area contributed by atoms with E-state index in [1.54, 1.807) is 6.07 Å². The van der Waals surface area contributed by atoms with E-state index >= 15 is 0 Å². The average molecular weight is 361 g/mol. The Bertz CT molecular complexity index is 988. The summed E-state index contributed by atoms with van der Waals surface area (Å²) in [6, 6.07) is 12.6. The zero-order valence-corrected chi connectivity index (χ0v) is 16.1. The molecular formula is C23H27N3O. The highest BCUT2D eigenvalue weighted by atomic mass is 16.1. The summed E-state index contributed by atoms with van der Waals surface area (Å²) in [5.41, 5.74) is 12.6. The number of rotatable bonds is 4. The van der Waals surface area contributed by atoms with Crippen LogP contribution in [-0.2, 0) is 6.54 Å². The molecule has 4 rings (SSSR count). The van der Waals surface area contributed by atoms with E-state index in [0.29, 0.717) is 11.6 Å². The fourth-order valence-corrected chi connectivity index (χ4v) is 4.51. The van der Waals surface area contributed by atoms with Crippen molar-refractivity contribution in [1.29, 1.82) is 0 Å². The fraction of sp³-hybridized carbons (Fsp3) is 0.348. The lowest BCUT2D eigenvalue weighted by Gasteiger charge is -2.36. The summed E-state index contributed by atoms with van der Waals surface area (Å²) in [4.78, 5) is 17.6. The maximum absolute atomic E-state index is 11.6. The average Bonchev–Trinajstić information content (AvgIpc) is 3.16. The lowest BCUT2D eigenvalue weighted by atomic mass is 9.92. The molecule has 1 aliphatic heterocycles. The van der Waals surface area contributed by atoms with Gasteiger partial charge in [-0.3, -0.25) is 9.69 Å². The third kappa shape index (κ3) is 3.37. The maximum atomic E-state index is 11.6. The number of hydrogen-bond donors (Lipinski definition) is 2. The molecule has 140 valence electrons. The molecule has 0 unspecified atom stereocenters. The number of fused-ring (bicyclic) bond motifs is 1. The molecule has 0 radical (unpaired) electrons. The lowest BCUT2D eigenvalue weighted by molar-refractivity contribution is 0.0999. The number of carbonyl (C=O) groups excluding carboxylic acids is 1. The van der Waals surface area contributed by atoms with Crippen molar-refractivity contribution in [1.82, 2.24) is 9.88 Å². The predicted molar refractivity (Wildman–Crippen MR) is 110 cm³/mol. The van der Waals surface area contributed by atoms with Crippen LogP contribution in [0.5, 0.6) is 0 Å². The number of amides is 1. The summed E-state index contributed by atoms with van der Waals surface area (Å²) < 4.78 is 0. The van der Waals surface area contributed by atoms with Crippen LogP contribution in [0.15, 0.2) is 42.6 Å². The van der Waals surface area contributed by atoms with Gasteiger partial charge in [-0.15, -0.1) is 0 Å². The summed E-state index contributed by atoms with van der Waals surface area (Å²) >= 11 is 0. The smallest absolute Gasteiger partial charge is 0.248 e. The van der Waals surface area contributed by atoms with Crippen molar-refractivity contribution in [3.05, 3.63) is 70.4 Å². The van der Waals surface area contributed by atoms with Crippen molar-refractivity contribution in [3.8, 4) is 0 Å². The Labute approximate surface area is 160 Å². The van der Waals surface area contributed by atoms with Crippen LogP contribution in [0.25, 0.3) is 10.9 Å². The molecule has 1 amide bonds. The van der Waals surface area contributed by atoms with Gasteiger partial charge in [0.2, 0.25) is 5.91 Å². The number of piperidine rings is 1. The Morgan fingerprint density at radius 3 is 2.85 bits per heavy atom. The van der Waals surface area contributed by atoms with E-state index in [1.165, 1.54) is 46.0 Å². The van der Waals surface area contributed by atoms with Crippen molar-refractivity contribution >= 4 is 16.8 Å². The topological polar surface area (TPSA) is 62.1 Å². The number of aromatic amines is 1. The fourth-order valence-electron chi connectivity index (χ4n) is 4.51. The second-order valence-corrected chi connectivity index (χ2v) is 7.73. The molecule has 1 aromatic heterocycles. The number of likely N-dealkylation sites (tertiary alicyclic amines) is 1. The van der Waals surface area contributed by atoms with Gasteiger partial charge in [0.05, 0.1) is 0 Å². The van der Waals surface area contributed by atoms with E-state index < -0.39 is 0 Å². The van der Waals surface area contributed by atoms with Gasteiger partial charge in [-0.1, -0.05) is 24.6 Å². The van der Waals surface area contributed by atoms with Crippen molar-refractivity contribution in [2.24, 2.45) is 5.73 Å². The van der Waals surface area contributed by atoms with Crippen LogP contribution in [0.3, 0.4) is 0 Å². The molecule has 0 aliphatic carbocycles. The van der Waals surface area contributed by atoms with Gasteiger partial charge < -0.3 is 10.7 Å². The molecule has 0 saturated carbocycles. The van der Waals surface area contributed by atoms with Gasteiger partial charge in [0, 0.05) is 35.2 Å². The van der Waals surface area contributed by atoms with E-state index in [0.717, 1.165) is 19.5 Å². The Morgan fingerprint density at radius 2 is 2.04 bits per heavy atom. The largest absolute Gasteiger partial charge is 0.366 e. The van der Waals surface area contributed by atoms with Crippen LogP contribution in [0.1, 0.15) is 57.9 Å². The van der Waals surface area contributed by atoms with E-state index in [1.807, 2.05) is 18.3 Å². The molecule has 0 spiro atoms. The molecule has 3 N–H and O–H groups in total. The summed E-state index contributed by atoms with van der Waals surface area (Å²) in [5.74, 6) is -0.359. The minimum absolute atomic E-state index is 0.327. The van der Waals surface area contributed by atoms with Gasteiger partial charge in [-0.05, 0) is 73.7 Å². The monoisotopic (exact) mass is 361 g/mol. The molecule has 2 heterocycles. The van der Waals surface area contributed by atoms with Crippen LogP contribution in [0.2, 0.25) is 0 Å². The minimum Gasteiger partial charge on any atom is -0.366 e. The van der Waals surface area contributed by atoms with Crippen molar-refractivity contribution in [2.75, 3.05) is 6.54 Å². The standard InChI is InChI=1S/C23H27N3O/c1-15-12-16(2)22-19(9-10-25-22)20(15)14-26-11-4-3-8-21(26)17-6-5-7-18(13-17)23(24)27/h5-7,9-10,12-13,21,25H,3-4,8,11,14H2,1-2H3,(H2,24,27)/t21-/m1/s1. The lowest BCUT2D eigenvalue weighted by Crippen LogP contribution is -2.33. The number of carbonyl (C=O) groups is 1. The molecular weight excluding hydrogens is 334 g/mol. The number of benzene rings is 2. The number of H-pyrrole nitrogens is 1. The molecule has 1 saturated heterocycles. The molecule has 2 aromatic carbocycles. The highest BCUT2D eigenvalue weighted by Gasteiger charge is 2.25. The Balaban J connectivity index is 1.69. The van der Waals surface area contributed by atoms with Gasteiger partial charge in [-0.25, -0.2) is 0 Å². The van der Waals surface area contributed by atoms with Gasteiger partial charge in [0.25, 0.3) is 0 Å². The van der Waals surface area contributed by atoms with Crippen molar-refractivity contribution in [3.63, 3.8) is 0 Å². The van der Waals surface area contributed by atoms with Crippen LogP contribution < -0.4 is 5.73 Å². The number of nitrogens with one attached hydrogen (secondary N) is 1. The SMILES string of the molecule is Cc1cc(C)c2[nH]ccc2c1CN1CCCC[C@@H]1c1cccc(C(N)=O)c1. The highest BCUT2D eigenvalue weighted by Crippen LogP contribution is 2.35. The molecule has 1 atom stereocenters.